The number of ether oxygens (including phenoxy) is 1. The van der Waals surface area contributed by atoms with E-state index in [-0.39, 0.29) is 24.8 Å². The van der Waals surface area contributed by atoms with Crippen LogP contribution in [0.15, 0.2) is 71.3 Å². The highest BCUT2D eigenvalue weighted by Gasteiger charge is 2.16. The quantitative estimate of drug-likeness (QED) is 0.523. The molecular weight excluding hydrogens is 373 g/mol. The van der Waals surface area contributed by atoms with Crippen molar-refractivity contribution in [3.8, 4) is 5.75 Å². The Morgan fingerprint density at radius 1 is 1.14 bits per heavy atom. The molecule has 0 aliphatic carbocycles. The van der Waals surface area contributed by atoms with Crippen molar-refractivity contribution < 1.29 is 23.4 Å². The molecule has 0 saturated heterocycles. The Morgan fingerprint density at radius 2 is 1.97 bits per heavy atom. The smallest absolute Gasteiger partial charge is 0.159 e. The molecule has 0 spiro atoms. The zero-order valence-electron chi connectivity index (χ0n) is 16.3. The number of furan rings is 1. The number of halogens is 1. The number of hydrogen-bond acceptors (Lipinski definition) is 5. The predicted molar refractivity (Wildman–Crippen MR) is 107 cm³/mol. The third-order valence-corrected chi connectivity index (χ3v) is 4.46. The number of carbonyl (C=O) groups excluding carboxylic acids is 1. The molecule has 5 nitrogen and oxygen atoms in total. The van der Waals surface area contributed by atoms with Gasteiger partial charge in [-0.05, 0) is 37.3 Å². The Hall–Kier alpha value is -2.96. The van der Waals surface area contributed by atoms with E-state index >= 15 is 0 Å². The van der Waals surface area contributed by atoms with Crippen LogP contribution in [0.5, 0.6) is 5.75 Å². The molecule has 1 N–H and O–H groups in total. The van der Waals surface area contributed by atoms with Gasteiger partial charge in [-0.15, -0.1) is 0 Å². The van der Waals surface area contributed by atoms with Crippen LogP contribution in [-0.2, 0) is 13.1 Å². The second kappa shape index (κ2) is 10.0. The minimum absolute atomic E-state index is 0.0489. The topological polar surface area (TPSA) is 62.9 Å². The SMILES string of the molecule is CC(=O)c1cccc(OCC(O)CN(Cc2ccco2)Cc2ccccc2F)c1. The lowest BCUT2D eigenvalue weighted by atomic mass is 10.1. The third kappa shape index (κ3) is 6.27. The monoisotopic (exact) mass is 397 g/mol. The molecule has 3 aromatic rings. The van der Waals surface area contributed by atoms with Gasteiger partial charge < -0.3 is 14.3 Å². The number of ketones is 1. The maximum atomic E-state index is 14.1. The maximum absolute atomic E-state index is 14.1. The molecule has 0 radical (unpaired) electrons. The molecule has 0 fully saturated rings. The van der Waals surface area contributed by atoms with E-state index in [1.165, 1.54) is 13.0 Å². The normalized spacial score (nSPS) is 12.1. The van der Waals surface area contributed by atoms with Crippen molar-refractivity contribution in [3.63, 3.8) is 0 Å². The second-order valence-corrected chi connectivity index (χ2v) is 6.89. The molecule has 1 unspecified atom stereocenters. The lowest BCUT2D eigenvalue weighted by Crippen LogP contribution is -2.35. The number of Topliss-reactive ketones (excluding diaryl/α,β-unsaturated/α-hetero) is 1. The first-order valence-corrected chi connectivity index (χ1v) is 9.41. The molecule has 0 amide bonds. The van der Waals surface area contributed by atoms with Gasteiger partial charge in [-0.2, -0.15) is 0 Å². The van der Waals surface area contributed by atoms with Gasteiger partial charge in [0, 0.05) is 24.2 Å². The van der Waals surface area contributed by atoms with Gasteiger partial charge >= 0.3 is 0 Å². The van der Waals surface area contributed by atoms with Crippen LogP contribution in [0.4, 0.5) is 4.39 Å². The number of nitrogens with zero attached hydrogens (tertiary/aromatic N) is 1. The highest BCUT2D eigenvalue weighted by Crippen LogP contribution is 2.16. The first kappa shape index (κ1) is 20.8. The van der Waals surface area contributed by atoms with E-state index in [1.807, 2.05) is 11.0 Å². The van der Waals surface area contributed by atoms with Crippen molar-refractivity contribution in [1.82, 2.24) is 4.90 Å². The van der Waals surface area contributed by atoms with Crippen LogP contribution in [-0.4, -0.2) is 35.0 Å². The molecule has 0 bridgehead atoms. The largest absolute Gasteiger partial charge is 0.491 e. The summed E-state index contributed by atoms with van der Waals surface area (Å²) < 4.78 is 25.1. The van der Waals surface area contributed by atoms with Crippen molar-refractivity contribution in [2.24, 2.45) is 0 Å². The highest BCUT2D eigenvalue weighted by molar-refractivity contribution is 5.94. The van der Waals surface area contributed by atoms with E-state index in [1.54, 1.807) is 54.8 Å². The van der Waals surface area contributed by atoms with Gasteiger partial charge in [0.25, 0.3) is 0 Å². The molecule has 1 atom stereocenters. The standard InChI is InChI=1S/C23H24FNO4/c1-17(26)18-7-4-8-21(12-18)29-16-20(27)14-25(15-22-9-5-11-28-22)13-19-6-2-3-10-23(19)24/h2-12,20,27H,13-16H2,1H3. The van der Waals surface area contributed by atoms with Gasteiger partial charge in [-0.25, -0.2) is 4.39 Å². The molecule has 6 heteroatoms. The van der Waals surface area contributed by atoms with Gasteiger partial charge in [0.2, 0.25) is 0 Å². The van der Waals surface area contributed by atoms with E-state index in [4.69, 9.17) is 9.15 Å². The van der Waals surface area contributed by atoms with Crippen molar-refractivity contribution in [3.05, 3.63) is 89.6 Å². The van der Waals surface area contributed by atoms with Crippen molar-refractivity contribution >= 4 is 5.78 Å². The van der Waals surface area contributed by atoms with Crippen LogP contribution in [0.2, 0.25) is 0 Å². The first-order valence-electron chi connectivity index (χ1n) is 9.41. The Labute approximate surface area is 169 Å². The minimum atomic E-state index is -0.808. The number of rotatable bonds is 10. The molecule has 1 aromatic heterocycles. The fraction of sp³-hybridized carbons (Fsp3) is 0.261. The van der Waals surface area contributed by atoms with Crippen LogP contribution < -0.4 is 4.74 Å². The average Bonchev–Trinajstić information content (AvgIpc) is 3.21. The number of hydrogen-bond donors (Lipinski definition) is 1. The molecule has 0 saturated carbocycles. The van der Waals surface area contributed by atoms with E-state index < -0.39 is 6.10 Å². The molecule has 0 aliphatic heterocycles. The lowest BCUT2D eigenvalue weighted by Gasteiger charge is -2.24. The fourth-order valence-corrected chi connectivity index (χ4v) is 3.02. The highest BCUT2D eigenvalue weighted by atomic mass is 19.1. The number of carbonyl (C=O) groups is 1. The van der Waals surface area contributed by atoms with Gasteiger partial charge in [0.1, 0.15) is 30.0 Å². The number of benzene rings is 2. The van der Waals surface area contributed by atoms with E-state index in [2.05, 4.69) is 0 Å². The summed E-state index contributed by atoms with van der Waals surface area (Å²) in [6.07, 6.45) is 0.774. The lowest BCUT2D eigenvalue weighted by molar-refractivity contribution is 0.0600. The second-order valence-electron chi connectivity index (χ2n) is 6.89. The van der Waals surface area contributed by atoms with Crippen LogP contribution in [0.3, 0.4) is 0 Å². The molecule has 152 valence electrons. The number of aliphatic hydroxyl groups excluding tert-OH is 1. The molecule has 1 heterocycles. The Kier molecular flexibility index (Phi) is 7.16. The fourth-order valence-electron chi connectivity index (χ4n) is 3.02. The van der Waals surface area contributed by atoms with E-state index in [0.29, 0.717) is 30.0 Å². The molecule has 0 aliphatic rings. The van der Waals surface area contributed by atoms with Crippen molar-refractivity contribution in [1.29, 1.82) is 0 Å². The summed E-state index contributed by atoms with van der Waals surface area (Å²) >= 11 is 0. The van der Waals surface area contributed by atoms with E-state index in [9.17, 15) is 14.3 Å². The predicted octanol–water partition coefficient (Wildman–Crippen LogP) is 4.06. The van der Waals surface area contributed by atoms with Gasteiger partial charge in [0.05, 0.1) is 12.8 Å². The van der Waals surface area contributed by atoms with Crippen LogP contribution in [0.1, 0.15) is 28.6 Å². The van der Waals surface area contributed by atoms with Crippen LogP contribution >= 0.6 is 0 Å². The van der Waals surface area contributed by atoms with Crippen LogP contribution in [0, 0.1) is 5.82 Å². The Morgan fingerprint density at radius 3 is 2.69 bits per heavy atom. The zero-order chi connectivity index (χ0) is 20.6. The molecule has 29 heavy (non-hydrogen) atoms. The van der Waals surface area contributed by atoms with E-state index in [0.717, 1.165) is 5.76 Å². The van der Waals surface area contributed by atoms with Crippen molar-refractivity contribution in [2.45, 2.75) is 26.1 Å². The summed E-state index contributed by atoms with van der Waals surface area (Å²) in [5, 5.41) is 10.5. The maximum Gasteiger partial charge on any atom is 0.159 e. The minimum Gasteiger partial charge on any atom is -0.491 e. The summed E-state index contributed by atoms with van der Waals surface area (Å²) in [6, 6.07) is 17.0. The summed E-state index contributed by atoms with van der Waals surface area (Å²) in [7, 11) is 0. The molecule has 3 rings (SSSR count). The van der Waals surface area contributed by atoms with Crippen LogP contribution in [0.25, 0.3) is 0 Å². The van der Waals surface area contributed by atoms with Gasteiger partial charge in [-0.3, -0.25) is 9.69 Å². The molecule has 2 aromatic carbocycles. The Bertz CT molecular complexity index is 926. The first-order chi connectivity index (χ1) is 14.0. The Balaban J connectivity index is 1.62. The summed E-state index contributed by atoms with van der Waals surface area (Å²) in [4.78, 5) is 13.4. The van der Waals surface area contributed by atoms with Gasteiger partial charge in [0.15, 0.2) is 5.78 Å². The summed E-state index contributed by atoms with van der Waals surface area (Å²) in [5.41, 5.74) is 1.09. The summed E-state index contributed by atoms with van der Waals surface area (Å²) in [6.45, 7) is 2.56. The molecular formula is C23H24FNO4. The third-order valence-electron chi connectivity index (χ3n) is 4.46. The van der Waals surface area contributed by atoms with Crippen molar-refractivity contribution in [2.75, 3.05) is 13.2 Å². The summed E-state index contributed by atoms with van der Waals surface area (Å²) in [5.74, 6) is 0.904. The van der Waals surface area contributed by atoms with Gasteiger partial charge in [-0.1, -0.05) is 30.3 Å². The zero-order valence-corrected chi connectivity index (χ0v) is 16.3. The average molecular weight is 397 g/mol. The number of aliphatic hydroxyl groups is 1.